The van der Waals surface area contributed by atoms with Crippen LogP contribution in [-0.4, -0.2) is 68.3 Å². The lowest BCUT2D eigenvalue weighted by Crippen LogP contribution is -2.15. The lowest BCUT2D eigenvalue weighted by molar-refractivity contribution is 0.0862. The van der Waals surface area contributed by atoms with Gasteiger partial charge in [0.2, 0.25) is 11.8 Å². The molecule has 1 unspecified atom stereocenters. The fraction of sp³-hybridized carbons (Fsp3) is 0.333. The molecule has 11 heteroatoms. The molecule has 1 aliphatic carbocycles. The number of carbonyl (C=O) groups excluding carboxylic acids is 1. The number of nitrogens with one attached hydrogen (secondary N) is 2. The number of methoxy groups -OCH3 is 1. The predicted octanol–water partition coefficient (Wildman–Crippen LogP) is 4.96. The lowest BCUT2D eigenvalue weighted by Gasteiger charge is -2.16. The van der Waals surface area contributed by atoms with E-state index >= 15 is 0 Å². The number of oxazole rings is 1. The third-order valence-electron chi connectivity index (χ3n) is 7.77. The van der Waals surface area contributed by atoms with Gasteiger partial charge in [-0.2, -0.15) is 9.97 Å². The molecule has 7 rings (SSSR count). The molecule has 210 valence electrons. The van der Waals surface area contributed by atoms with Gasteiger partial charge in [-0.25, -0.2) is 4.98 Å². The van der Waals surface area contributed by atoms with Crippen LogP contribution in [0.25, 0.3) is 33.3 Å². The fourth-order valence-corrected chi connectivity index (χ4v) is 5.54. The molecule has 3 aromatic heterocycles. The van der Waals surface area contributed by atoms with Crippen molar-refractivity contribution in [3.05, 3.63) is 54.0 Å². The van der Waals surface area contributed by atoms with Crippen molar-refractivity contribution in [3.63, 3.8) is 0 Å². The Hall–Kier alpha value is -4.64. The van der Waals surface area contributed by atoms with Gasteiger partial charge in [-0.1, -0.05) is 6.07 Å². The molecule has 2 fully saturated rings. The first-order chi connectivity index (χ1) is 20.0. The molecular formula is C30H30N6O5. The molecule has 0 bridgehead atoms. The monoisotopic (exact) mass is 554 g/mol. The van der Waals surface area contributed by atoms with Crippen LogP contribution in [0.2, 0.25) is 0 Å². The number of anilines is 2. The summed E-state index contributed by atoms with van der Waals surface area (Å²) in [7, 11) is 1.55. The van der Waals surface area contributed by atoms with E-state index in [0.29, 0.717) is 52.5 Å². The Morgan fingerprint density at radius 1 is 1.17 bits per heavy atom. The van der Waals surface area contributed by atoms with Gasteiger partial charge in [0.15, 0.2) is 11.5 Å². The highest BCUT2D eigenvalue weighted by Gasteiger charge is 2.38. The maximum absolute atomic E-state index is 12.7. The molecule has 2 aliphatic rings. The van der Waals surface area contributed by atoms with Gasteiger partial charge in [-0.3, -0.25) is 4.79 Å². The fourth-order valence-electron chi connectivity index (χ4n) is 5.54. The number of aliphatic hydroxyl groups is 1. The topological polar surface area (TPSA) is 138 Å². The maximum Gasteiger partial charge on any atom is 0.254 e. The van der Waals surface area contributed by atoms with Crippen LogP contribution < -0.4 is 14.8 Å². The van der Waals surface area contributed by atoms with Crippen molar-refractivity contribution in [2.45, 2.75) is 44.8 Å². The molecule has 1 amide bonds. The number of aliphatic hydroxyl groups excluding tert-OH is 1. The van der Waals surface area contributed by atoms with Crippen molar-refractivity contribution in [2.24, 2.45) is 0 Å². The summed E-state index contributed by atoms with van der Waals surface area (Å²) in [5, 5.41) is 13.4. The number of carbonyl (C=O) groups is 1. The number of ether oxygens (including phenoxy) is 2. The van der Waals surface area contributed by atoms with Gasteiger partial charge in [0.05, 0.1) is 30.8 Å². The van der Waals surface area contributed by atoms with E-state index in [2.05, 4.69) is 15.3 Å². The Bertz CT molecular complexity index is 1770. The predicted molar refractivity (Wildman–Crippen MR) is 153 cm³/mol. The number of rotatable bonds is 8. The highest BCUT2D eigenvalue weighted by Crippen LogP contribution is 2.38. The summed E-state index contributed by atoms with van der Waals surface area (Å²) < 4.78 is 17.9. The number of benzene rings is 2. The number of hydrogen-bond donors (Lipinski definition) is 3. The van der Waals surface area contributed by atoms with Crippen molar-refractivity contribution in [1.29, 1.82) is 0 Å². The van der Waals surface area contributed by atoms with Crippen LogP contribution >= 0.6 is 0 Å². The summed E-state index contributed by atoms with van der Waals surface area (Å²) in [6.45, 7) is 2.35. The minimum Gasteiger partial charge on any atom is -0.495 e. The minimum absolute atomic E-state index is 0.0393. The van der Waals surface area contributed by atoms with Crippen LogP contribution in [-0.2, 0) is 0 Å². The molecule has 4 heterocycles. The van der Waals surface area contributed by atoms with Crippen LogP contribution in [0.5, 0.6) is 11.6 Å². The van der Waals surface area contributed by atoms with Crippen molar-refractivity contribution >= 4 is 39.7 Å². The molecule has 1 atom stereocenters. The highest BCUT2D eigenvalue weighted by atomic mass is 16.5. The second-order valence-electron chi connectivity index (χ2n) is 10.6. The molecule has 3 N–H and O–H groups in total. The van der Waals surface area contributed by atoms with Gasteiger partial charge >= 0.3 is 0 Å². The first-order valence-corrected chi connectivity index (χ1v) is 13.8. The van der Waals surface area contributed by atoms with E-state index < -0.39 is 0 Å². The standard InChI is InChI=1S/C30H30N6O5/c1-16-32-23-9-7-17(11-25(23)40-16)21-13-31-27-26(21)28(41-20-5-3-4-6-20)35-30(34-27)33-22-10-8-18(12-24(22)39-2)29(38)36-14-19(36)15-37/h7-13,19-20,37H,3-6,14-15H2,1-2H3,(H2,31,33,34,35). The first kappa shape index (κ1) is 25.3. The zero-order valence-corrected chi connectivity index (χ0v) is 22.8. The van der Waals surface area contributed by atoms with E-state index in [4.69, 9.17) is 23.9 Å². The van der Waals surface area contributed by atoms with Crippen molar-refractivity contribution in [2.75, 3.05) is 25.6 Å². The zero-order valence-electron chi connectivity index (χ0n) is 22.8. The summed E-state index contributed by atoms with van der Waals surface area (Å²) in [5.41, 5.74) is 5.09. The number of nitrogens with zero attached hydrogens (tertiary/aromatic N) is 4. The molecular weight excluding hydrogens is 524 g/mol. The van der Waals surface area contributed by atoms with Gasteiger partial charge in [0.1, 0.15) is 23.0 Å². The Kier molecular flexibility index (Phi) is 6.23. The summed E-state index contributed by atoms with van der Waals surface area (Å²) in [6.07, 6.45) is 6.21. The maximum atomic E-state index is 12.7. The van der Waals surface area contributed by atoms with Crippen LogP contribution in [0.3, 0.4) is 0 Å². The molecule has 1 saturated heterocycles. The quantitative estimate of drug-likeness (QED) is 0.227. The summed E-state index contributed by atoms with van der Waals surface area (Å²) in [5.74, 6) is 1.78. The number of amides is 1. The molecule has 0 spiro atoms. The van der Waals surface area contributed by atoms with Gasteiger partial charge in [0, 0.05) is 30.8 Å². The number of fused-ring (bicyclic) bond motifs is 2. The van der Waals surface area contributed by atoms with Crippen LogP contribution in [0.1, 0.15) is 41.9 Å². The van der Waals surface area contributed by atoms with Crippen LogP contribution in [0, 0.1) is 6.92 Å². The summed E-state index contributed by atoms with van der Waals surface area (Å²) in [4.78, 5) is 31.6. The summed E-state index contributed by atoms with van der Waals surface area (Å²) >= 11 is 0. The molecule has 11 nitrogen and oxygen atoms in total. The molecule has 0 radical (unpaired) electrons. The van der Waals surface area contributed by atoms with E-state index in [-0.39, 0.29) is 24.7 Å². The van der Waals surface area contributed by atoms with Crippen LogP contribution in [0.15, 0.2) is 47.0 Å². The zero-order chi connectivity index (χ0) is 28.1. The van der Waals surface area contributed by atoms with Gasteiger partial charge in [0.25, 0.3) is 5.91 Å². The van der Waals surface area contributed by atoms with E-state index in [0.717, 1.165) is 47.7 Å². The highest BCUT2D eigenvalue weighted by molar-refractivity contribution is 5.99. The van der Waals surface area contributed by atoms with E-state index in [1.54, 1.807) is 30.2 Å². The lowest BCUT2D eigenvalue weighted by atomic mass is 10.1. The van der Waals surface area contributed by atoms with Gasteiger partial charge in [-0.05, 0) is 61.6 Å². The SMILES string of the molecule is COc1cc(C(=O)N2CC2CO)ccc1Nc1nc(OC2CCCC2)c2c(-c3ccc4nc(C)oc4c3)c[nH]c2n1. The molecule has 5 aromatic rings. The number of aromatic nitrogens is 4. The first-order valence-electron chi connectivity index (χ1n) is 13.8. The normalized spacial score (nSPS) is 17.0. The number of H-pyrrole nitrogens is 1. The van der Waals surface area contributed by atoms with E-state index in [9.17, 15) is 9.90 Å². The second-order valence-corrected chi connectivity index (χ2v) is 10.6. The van der Waals surface area contributed by atoms with E-state index in [1.165, 1.54) is 0 Å². The Balaban J connectivity index is 1.25. The summed E-state index contributed by atoms with van der Waals surface area (Å²) in [6, 6.07) is 11.0. The molecule has 1 aliphatic heterocycles. The Labute approximate surface area is 235 Å². The minimum atomic E-state index is -0.142. The third kappa shape index (κ3) is 4.71. The number of aryl methyl sites for hydroxylation is 1. The molecule has 1 saturated carbocycles. The van der Waals surface area contributed by atoms with Crippen molar-refractivity contribution in [3.8, 4) is 22.8 Å². The van der Waals surface area contributed by atoms with Gasteiger partial charge < -0.3 is 34.2 Å². The molecule has 2 aromatic carbocycles. The average Bonchev–Trinajstić information content (AvgIpc) is 3.26. The number of aromatic amines is 1. The van der Waals surface area contributed by atoms with Gasteiger partial charge in [-0.15, -0.1) is 0 Å². The third-order valence-corrected chi connectivity index (χ3v) is 7.77. The van der Waals surface area contributed by atoms with Crippen molar-refractivity contribution < 1.29 is 23.8 Å². The number of hydrogen-bond acceptors (Lipinski definition) is 9. The average molecular weight is 555 g/mol. The van der Waals surface area contributed by atoms with E-state index in [1.807, 2.05) is 31.3 Å². The molecule has 41 heavy (non-hydrogen) atoms. The van der Waals surface area contributed by atoms with Crippen molar-refractivity contribution in [1.82, 2.24) is 24.8 Å². The Morgan fingerprint density at radius 2 is 2.02 bits per heavy atom. The van der Waals surface area contributed by atoms with Crippen LogP contribution in [0.4, 0.5) is 11.6 Å². The smallest absolute Gasteiger partial charge is 0.254 e. The second kappa shape index (κ2) is 10.1. The Morgan fingerprint density at radius 3 is 2.80 bits per heavy atom. The largest absolute Gasteiger partial charge is 0.495 e.